The van der Waals surface area contributed by atoms with Gasteiger partial charge in [0.15, 0.2) is 0 Å². The van der Waals surface area contributed by atoms with E-state index in [2.05, 4.69) is 15.7 Å². The number of nitrogens with one attached hydrogen (secondary N) is 2. The van der Waals surface area contributed by atoms with Crippen LogP contribution >= 0.6 is 0 Å². The molecular formula is C19H24N4O2. The quantitative estimate of drug-likeness (QED) is 0.874. The minimum absolute atomic E-state index is 0.0650. The van der Waals surface area contributed by atoms with Gasteiger partial charge in [-0.2, -0.15) is 5.10 Å². The van der Waals surface area contributed by atoms with Crippen molar-refractivity contribution in [2.24, 2.45) is 0 Å². The molecule has 25 heavy (non-hydrogen) atoms. The molecule has 1 aromatic carbocycles. The first kappa shape index (κ1) is 17.2. The Morgan fingerprint density at radius 2 is 1.80 bits per heavy atom. The predicted molar refractivity (Wildman–Crippen MR) is 97.4 cm³/mol. The number of amides is 2. The van der Waals surface area contributed by atoms with Crippen LogP contribution in [-0.2, 0) is 16.0 Å². The van der Waals surface area contributed by atoms with Crippen molar-refractivity contribution in [1.29, 1.82) is 0 Å². The summed E-state index contributed by atoms with van der Waals surface area (Å²) in [6.45, 7) is 1.47. The molecule has 0 aliphatic heterocycles. The van der Waals surface area contributed by atoms with E-state index in [9.17, 15) is 9.59 Å². The van der Waals surface area contributed by atoms with E-state index in [-0.39, 0.29) is 18.2 Å². The summed E-state index contributed by atoms with van der Waals surface area (Å²) in [4.78, 5) is 23.4. The number of hydrogen-bond donors (Lipinski definition) is 2. The first-order chi connectivity index (χ1) is 12.1. The third-order valence-electron chi connectivity index (χ3n) is 4.50. The van der Waals surface area contributed by atoms with Crippen LogP contribution in [0.25, 0.3) is 0 Å². The van der Waals surface area contributed by atoms with Crippen LogP contribution in [0.15, 0.2) is 36.5 Å². The Labute approximate surface area is 147 Å². The highest BCUT2D eigenvalue weighted by atomic mass is 16.2. The van der Waals surface area contributed by atoms with Crippen molar-refractivity contribution >= 4 is 23.3 Å². The number of rotatable bonds is 5. The lowest BCUT2D eigenvalue weighted by molar-refractivity contribution is -0.116. The van der Waals surface area contributed by atoms with Gasteiger partial charge in [0.05, 0.1) is 18.7 Å². The van der Waals surface area contributed by atoms with Crippen molar-refractivity contribution in [2.45, 2.75) is 51.5 Å². The van der Waals surface area contributed by atoms with Gasteiger partial charge in [-0.25, -0.2) is 4.68 Å². The molecule has 1 saturated carbocycles. The lowest BCUT2D eigenvalue weighted by Crippen LogP contribution is -2.21. The van der Waals surface area contributed by atoms with E-state index in [0.29, 0.717) is 6.04 Å². The number of hydrogen-bond acceptors (Lipinski definition) is 3. The highest BCUT2D eigenvalue weighted by Crippen LogP contribution is 2.29. The molecule has 2 N–H and O–H groups in total. The molecule has 1 heterocycles. The number of anilines is 2. The fourth-order valence-electron chi connectivity index (χ4n) is 3.31. The van der Waals surface area contributed by atoms with E-state index in [4.69, 9.17) is 0 Å². The maximum absolute atomic E-state index is 12.4. The fourth-order valence-corrected chi connectivity index (χ4v) is 3.31. The van der Waals surface area contributed by atoms with Crippen molar-refractivity contribution in [3.8, 4) is 0 Å². The topological polar surface area (TPSA) is 76.0 Å². The molecule has 6 heteroatoms. The average Bonchev–Trinajstić information content (AvgIpc) is 3.05. The van der Waals surface area contributed by atoms with Gasteiger partial charge in [0, 0.05) is 18.7 Å². The number of benzene rings is 1. The number of aromatic nitrogens is 2. The summed E-state index contributed by atoms with van der Waals surface area (Å²) in [6.07, 6.45) is 8.00. The van der Waals surface area contributed by atoms with Gasteiger partial charge in [0.2, 0.25) is 11.8 Å². The molecule has 0 radical (unpaired) electrons. The van der Waals surface area contributed by atoms with Crippen molar-refractivity contribution in [2.75, 3.05) is 10.6 Å². The first-order valence-corrected chi connectivity index (χ1v) is 8.82. The van der Waals surface area contributed by atoms with Gasteiger partial charge < -0.3 is 10.6 Å². The Hall–Kier alpha value is -2.63. The largest absolute Gasteiger partial charge is 0.326 e. The average molecular weight is 340 g/mol. The Kier molecular flexibility index (Phi) is 5.48. The van der Waals surface area contributed by atoms with Gasteiger partial charge >= 0.3 is 0 Å². The highest BCUT2D eigenvalue weighted by molar-refractivity contribution is 5.92. The SMILES string of the molecule is CC(=O)Nc1ccc(CC(=O)Nc2ccnn2C2CCCCC2)cc1. The zero-order valence-corrected chi connectivity index (χ0v) is 14.5. The van der Waals surface area contributed by atoms with Crippen LogP contribution < -0.4 is 10.6 Å². The molecule has 6 nitrogen and oxygen atoms in total. The second-order valence-electron chi connectivity index (χ2n) is 6.56. The molecule has 0 bridgehead atoms. The molecule has 2 aromatic rings. The Morgan fingerprint density at radius 1 is 1.08 bits per heavy atom. The van der Waals surface area contributed by atoms with E-state index in [1.807, 2.05) is 22.9 Å². The van der Waals surface area contributed by atoms with Crippen LogP contribution in [0, 0.1) is 0 Å². The number of carbonyl (C=O) groups excluding carboxylic acids is 2. The van der Waals surface area contributed by atoms with Crippen LogP contribution in [0.3, 0.4) is 0 Å². The third kappa shape index (κ3) is 4.68. The standard InChI is InChI=1S/C19H24N4O2/c1-14(24)21-16-9-7-15(8-10-16)13-19(25)22-18-11-12-20-23(18)17-5-3-2-4-6-17/h7-12,17H,2-6,13H2,1H3,(H,21,24)(H,22,25). The molecule has 0 saturated heterocycles. The number of carbonyl (C=O) groups is 2. The van der Waals surface area contributed by atoms with Crippen LogP contribution in [0.5, 0.6) is 0 Å². The summed E-state index contributed by atoms with van der Waals surface area (Å²) in [5.74, 6) is 0.595. The minimum atomic E-state index is -0.110. The van der Waals surface area contributed by atoms with Gasteiger partial charge in [0.1, 0.15) is 5.82 Å². The fraction of sp³-hybridized carbons (Fsp3) is 0.421. The zero-order valence-electron chi connectivity index (χ0n) is 14.5. The Balaban J connectivity index is 1.59. The summed E-state index contributed by atoms with van der Waals surface area (Å²) in [5.41, 5.74) is 1.63. The van der Waals surface area contributed by atoms with E-state index < -0.39 is 0 Å². The van der Waals surface area contributed by atoms with E-state index >= 15 is 0 Å². The highest BCUT2D eigenvalue weighted by Gasteiger charge is 2.19. The van der Waals surface area contributed by atoms with Gasteiger partial charge in [-0.15, -0.1) is 0 Å². The molecule has 1 aliphatic carbocycles. The first-order valence-electron chi connectivity index (χ1n) is 8.82. The molecule has 0 unspecified atom stereocenters. The summed E-state index contributed by atoms with van der Waals surface area (Å²) < 4.78 is 1.96. The molecule has 1 aliphatic rings. The van der Waals surface area contributed by atoms with Crippen molar-refractivity contribution < 1.29 is 9.59 Å². The van der Waals surface area contributed by atoms with Crippen LogP contribution in [0.1, 0.15) is 50.6 Å². The van der Waals surface area contributed by atoms with Crippen molar-refractivity contribution in [3.05, 3.63) is 42.1 Å². The van der Waals surface area contributed by atoms with Gasteiger partial charge in [0.25, 0.3) is 0 Å². The molecule has 2 amide bonds. The van der Waals surface area contributed by atoms with Crippen molar-refractivity contribution in [3.63, 3.8) is 0 Å². The summed E-state index contributed by atoms with van der Waals surface area (Å²) in [5, 5.41) is 10.1. The summed E-state index contributed by atoms with van der Waals surface area (Å²) in [6, 6.07) is 9.54. The summed E-state index contributed by atoms with van der Waals surface area (Å²) >= 11 is 0. The molecule has 1 fully saturated rings. The zero-order chi connectivity index (χ0) is 17.6. The molecular weight excluding hydrogens is 316 g/mol. The van der Waals surface area contributed by atoms with Crippen LogP contribution in [-0.4, -0.2) is 21.6 Å². The maximum Gasteiger partial charge on any atom is 0.229 e. The van der Waals surface area contributed by atoms with Crippen molar-refractivity contribution in [1.82, 2.24) is 9.78 Å². The van der Waals surface area contributed by atoms with Gasteiger partial charge in [-0.05, 0) is 30.5 Å². The second-order valence-corrected chi connectivity index (χ2v) is 6.56. The molecule has 132 valence electrons. The molecule has 0 atom stereocenters. The van der Waals surface area contributed by atoms with E-state index in [0.717, 1.165) is 29.9 Å². The normalized spacial score (nSPS) is 14.9. The number of nitrogens with zero attached hydrogens (tertiary/aromatic N) is 2. The van der Waals surface area contributed by atoms with Gasteiger partial charge in [-0.1, -0.05) is 31.4 Å². The Morgan fingerprint density at radius 3 is 2.48 bits per heavy atom. The van der Waals surface area contributed by atoms with Crippen LogP contribution in [0.4, 0.5) is 11.5 Å². The second kappa shape index (κ2) is 7.96. The van der Waals surface area contributed by atoms with E-state index in [1.165, 1.54) is 26.2 Å². The summed E-state index contributed by atoms with van der Waals surface area (Å²) in [7, 11) is 0. The van der Waals surface area contributed by atoms with Crippen LogP contribution in [0.2, 0.25) is 0 Å². The molecule has 0 spiro atoms. The monoisotopic (exact) mass is 340 g/mol. The Bertz CT molecular complexity index is 730. The third-order valence-corrected chi connectivity index (χ3v) is 4.50. The smallest absolute Gasteiger partial charge is 0.229 e. The van der Waals surface area contributed by atoms with E-state index in [1.54, 1.807) is 18.3 Å². The maximum atomic E-state index is 12.4. The molecule has 3 rings (SSSR count). The predicted octanol–water partition coefficient (Wildman–Crippen LogP) is 3.53. The minimum Gasteiger partial charge on any atom is -0.326 e. The lowest BCUT2D eigenvalue weighted by atomic mass is 9.96. The van der Waals surface area contributed by atoms with Gasteiger partial charge in [-0.3, -0.25) is 9.59 Å². The molecule has 1 aromatic heterocycles. The lowest BCUT2D eigenvalue weighted by Gasteiger charge is -2.23.